The first-order chi connectivity index (χ1) is 11.8. The van der Waals surface area contributed by atoms with Gasteiger partial charge in [0.05, 0.1) is 17.4 Å². The molecule has 2 aliphatic rings. The van der Waals surface area contributed by atoms with E-state index in [0.29, 0.717) is 0 Å². The summed E-state index contributed by atoms with van der Waals surface area (Å²) in [6.07, 6.45) is 9.00. The molecule has 0 atom stereocenters. The highest BCUT2D eigenvalue weighted by Gasteiger charge is 2.27. The number of hydrogen-bond acceptors (Lipinski definition) is 3. The molecule has 1 saturated carbocycles. The zero-order chi connectivity index (χ0) is 16.1. The Hall–Kier alpha value is -2.14. The lowest BCUT2D eigenvalue weighted by molar-refractivity contribution is 0.130. The van der Waals surface area contributed by atoms with Crippen LogP contribution in [0.1, 0.15) is 30.8 Å². The second kappa shape index (κ2) is 5.45. The normalized spacial score (nSPS) is 19.2. The number of aromatic nitrogens is 4. The summed E-state index contributed by atoms with van der Waals surface area (Å²) in [5, 5.41) is 0. The summed E-state index contributed by atoms with van der Waals surface area (Å²) in [7, 11) is 0. The second-order valence-electron chi connectivity index (χ2n) is 7.13. The molecule has 3 heterocycles. The number of fused-ring (bicyclic) bond motifs is 3. The van der Waals surface area contributed by atoms with E-state index in [9.17, 15) is 0 Å². The standard InChI is InChI=1S/C19H23N5/c1-14-12-20-13-24(14)16-5-6-18-17(11-16)21-19-7-8-22(9-10-23(18)19)15-3-2-4-15/h5-6,11-13,15H,2-4,7-10H2,1H3. The van der Waals surface area contributed by atoms with Gasteiger partial charge in [-0.05, 0) is 38.0 Å². The lowest BCUT2D eigenvalue weighted by Gasteiger charge is -2.36. The SMILES string of the molecule is Cc1cncn1-c1ccc2c(c1)nc1n2CCN(C2CCC2)CC1. The van der Waals surface area contributed by atoms with Crippen LogP contribution in [0.4, 0.5) is 0 Å². The van der Waals surface area contributed by atoms with Crippen LogP contribution in [0, 0.1) is 6.92 Å². The van der Waals surface area contributed by atoms with Crippen LogP contribution in [0.5, 0.6) is 0 Å². The molecule has 24 heavy (non-hydrogen) atoms. The van der Waals surface area contributed by atoms with Gasteiger partial charge in [0.1, 0.15) is 5.82 Å². The topological polar surface area (TPSA) is 38.9 Å². The van der Waals surface area contributed by atoms with Crippen molar-refractivity contribution in [1.29, 1.82) is 0 Å². The third-order valence-electron chi connectivity index (χ3n) is 5.74. The lowest BCUT2D eigenvalue weighted by Crippen LogP contribution is -2.41. The minimum atomic E-state index is 0.830. The van der Waals surface area contributed by atoms with E-state index in [1.165, 1.54) is 30.6 Å². The van der Waals surface area contributed by atoms with Crippen LogP contribution in [0.2, 0.25) is 0 Å². The van der Waals surface area contributed by atoms with Gasteiger partial charge in [0.25, 0.3) is 0 Å². The summed E-state index contributed by atoms with van der Waals surface area (Å²) < 4.78 is 4.54. The number of benzene rings is 1. The molecular weight excluding hydrogens is 298 g/mol. The fourth-order valence-electron chi connectivity index (χ4n) is 4.09. The Morgan fingerprint density at radius 1 is 1.12 bits per heavy atom. The zero-order valence-corrected chi connectivity index (χ0v) is 14.1. The Kier molecular flexibility index (Phi) is 3.23. The van der Waals surface area contributed by atoms with Gasteiger partial charge in [-0.15, -0.1) is 0 Å². The Bertz CT molecular complexity index is 886. The van der Waals surface area contributed by atoms with E-state index in [2.05, 4.69) is 44.1 Å². The van der Waals surface area contributed by atoms with Gasteiger partial charge < -0.3 is 9.13 Å². The Morgan fingerprint density at radius 3 is 2.79 bits per heavy atom. The molecule has 5 heteroatoms. The fraction of sp³-hybridized carbons (Fsp3) is 0.474. The molecule has 0 unspecified atom stereocenters. The minimum Gasteiger partial charge on any atom is -0.327 e. The minimum absolute atomic E-state index is 0.830. The highest BCUT2D eigenvalue weighted by atomic mass is 15.2. The molecule has 1 aromatic carbocycles. The van der Waals surface area contributed by atoms with Gasteiger partial charge in [-0.2, -0.15) is 0 Å². The van der Waals surface area contributed by atoms with E-state index in [1.54, 1.807) is 0 Å². The van der Waals surface area contributed by atoms with Crippen molar-refractivity contribution >= 4 is 11.0 Å². The smallest absolute Gasteiger partial charge is 0.111 e. The number of nitrogens with zero attached hydrogens (tertiary/aromatic N) is 5. The molecule has 0 N–H and O–H groups in total. The van der Waals surface area contributed by atoms with Gasteiger partial charge in [-0.25, -0.2) is 9.97 Å². The van der Waals surface area contributed by atoms with E-state index in [4.69, 9.17) is 4.98 Å². The number of rotatable bonds is 2. The van der Waals surface area contributed by atoms with Crippen LogP contribution in [0.15, 0.2) is 30.7 Å². The van der Waals surface area contributed by atoms with Crippen molar-refractivity contribution in [1.82, 2.24) is 24.0 Å². The summed E-state index contributed by atoms with van der Waals surface area (Å²) in [5.41, 5.74) is 4.66. The molecular formula is C19H23N5. The maximum atomic E-state index is 4.95. The molecule has 1 aliphatic carbocycles. The van der Waals surface area contributed by atoms with Gasteiger partial charge >= 0.3 is 0 Å². The largest absolute Gasteiger partial charge is 0.327 e. The quantitative estimate of drug-likeness (QED) is 0.728. The summed E-state index contributed by atoms with van der Waals surface area (Å²) in [6.45, 7) is 5.45. The molecule has 0 spiro atoms. The first-order valence-corrected chi connectivity index (χ1v) is 9.02. The molecule has 0 bridgehead atoms. The predicted molar refractivity (Wildman–Crippen MR) is 94.5 cm³/mol. The van der Waals surface area contributed by atoms with Crippen molar-refractivity contribution in [3.8, 4) is 5.69 Å². The monoisotopic (exact) mass is 321 g/mol. The number of hydrogen-bond donors (Lipinski definition) is 0. The van der Waals surface area contributed by atoms with Crippen molar-refractivity contribution in [3.05, 3.63) is 42.2 Å². The third kappa shape index (κ3) is 2.18. The van der Waals surface area contributed by atoms with Crippen LogP contribution in [0.3, 0.4) is 0 Å². The molecule has 1 aliphatic heterocycles. The molecule has 0 radical (unpaired) electrons. The van der Waals surface area contributed by atoms with Crippen molar-refractivity contribution in [2.75, 3.05) is 13.1 Å². The molecule has 5 rings (SSSR count). The average Bonchev–Trinajstić information content (AvgIpc) is 3.05. The Morgan fingerprint density at radius 2 is 2.04 bits per heavy atom. The lowest BCUT2D eigenvalue weighted by atomic mass is 9.91. The second-order valence-corrected chi connectivity index (χ2v) is 7.13. The maximum absolute atomic E-state index is 4.95. The van der Waals surface area contributed by atoms with Crippen LogP contribution >= 0.6 is 0 Å². The van der Waals surface area contributed by atoms with Crippen LogP contribution in [-0.4, -0.2) is 43.1 Å². The predicted octanol–water partition coefficient (Wildman–Crippen LogP) is 2.94. The van der Waals surface area contributed by atoms with Gasteiger partial charge in [-0.1, -0.05) is 6.42 Å². The summed E-state index contributed by atoms with van der Waals surface area (Å²) in [4.78, 5) is 11.9. The summed E-state index contributed by atoms with van der Waals surface area (Å²) in [6, 6.07) is 7.42. The van der Waals surface area contributed by atoms with E-state index in [-0.39, 0.29) is 0 Å². The third-order valence-corrected chi connectivity index (χ3v) is 5.74. The van der Waals surface area contributed by atoms with E-state index < -0.39 is 0 Å². The first-order valence-electron chi connectivity index (χ1n) is 9.02. The van der Waals surface area contributed by atoms with E-state index in [0.717, 1.165) is 49.0 Å². The molecule has 0 saturated heterocycles. The first kappa shape index (κ1) is 14.2. The molecule has 2 aromatic heterocycles. The molecule has 0 amide bonds. The molecule has 124 valence electrons. The van der Waals surface area contributed by atoms with Gasteiger partial charge in [0.15, 0.2) is 0 Å². The van der Waals surface area contributed by atoms with Crippen LogP contribution < -0.4 is 0 Å². The van der Waals surface area contributed by atoms with Crippen molar-refractivity contribution < 1.29 is 0 Å². The summed E-state index contributed by atoms with van der Waals surface area (Å²) in [5.74, 6) is 1.24. The zero-order valence-electron chi connectivity index (χ0n) is 14.1. The maximum Gasteiger partial charge on any atom is 0.111 e. The number of imidazole rings is 2. The van der Waals surface area contributed by atoms with Gasteiger partial charge in [0.2, 0.25) is 0 Å². The molecule has 1 fully saturated rings. The Balaban J connectivity index is 1.49. The van der Waals surface area contributed by atoms with E-state index >= 15 is 0 Å². The van der Waals surface area contributed by atoms with Crippen molar-refractivity contribution in [2.24, 2.45) is 0 Å². The van der Waals surface area contributed by atoms with Crippen LogP contribution in [-0.2, 0) is 13.0 Å². The summed E-state index contributed by atoms with van der Waals surface area (Å²) >= 11 is 0. The molecule has 3 aromatic rings. The Labute approximate surface area is 141 Å². The molecule has 5 nitrogen and oxygen atoms in total. The van der Waals surface area contributed by atoms with Crippen molar-refractivity contribution in [3.63, 3.8) is 0 Å². The van der Waals surface area contributed by atoms with E-state index in [1.807, 2.05) is 12.5 Å². The van der Waals surface area contributed by atoms with Crippen molar-refractivity contribution in [2.45, 2.75) is 45.2 Å². The van der Waals surface area contributed by atoms with Crippen LogP contribution in [0.25, 0.3) is 16.7 Å². The number of aryl methyl sites for hydroxylation is 1. The highest BCUT2D eigenvalue weighted by Crippen LogP contribution is 2.28. The fourth-order valence-corrected chi connectivity index (χ4v) is 4.09. The average molecular weight is 321 g/mol. The highest BCUT2D eigenvalue weighted by molar-refractivity contribution is 5.78. The van der Waals surface area contributed by atoms with Gasteiger partial charge in [-0.3, -0.25) is 4.90 Å². The van der Waals surface area contributed by atoms with Gasteiger partial charge in [0, 0.05) is 49.7 Å².